The Kier molecular flexibility index (Phi) is 30.3. The van der Waals surface area contributed by atoms with Gasteiger partial charge in [0.15, 0.2) is 5.69 Å². The van der Waals surface area contributed by atoms with E-state index in [-0.39, 0.29) is 0 Å². The van der Waals surface area contributed by atoms with Crippen molar-refractivity contribution in [3.05, 3.63) is 483 Å². The summed E-state index contributed by atoms with van der Waals surface area (Å²) in [7, 11) is 0. The van der Waals surface area contributed by atoms with Crippen molar-refractivity contribution >= 4 is 134 Å². The Balaban J connectivity index is 0.000000146. The topological polar surface area (TPSA) is 276 Å². The predicted molar refractivity (Wildman–Crippen MR) is 600 cm³/mol. The monoisotopic (exact) mass is 1930 g/mol. The van der Waals surface area contributed by atoms with E-state index in [1.54, 1.807) is 47.8 Å². The third-order valence-corrected chi connectivity index (χ3v) is 25.2. The highest BCUT2D eigenvalue weighted by molar-refractivity contribution is 7.98. The van der Waals surface area contributed by atoms with Gasteiger partial charge in [-0.3, -0.25) is 0 Å². The molecular weight excluding hydrogens is 1840 g/mol. The van der Waals surface area contributed by atoms with Gasteiger partial charge in [0.1, 0.15) is 0 Å². The Labute approximate surface area is 855 Å². The Hall–Kier alpha value is -19.6. The maximum atomic E-state index is 9.12. The van der Waals surface area contributed by atoms with Crippen molar-refractivity contribution in [3.8, 4) is 112 Å². The summed E-state index contributed by atoms with van der Waals surface area (Å²) in [6, 6.07) is 157. The van der Waals surface area contributed by atoms with Gasteiger partial charge in [-0.1, -0.05) is 303 Å². The summed E-state index contributed by atoms with van der Waals surface area (Å²) in [6.07, 6.45) is 4.11. The van der Waals surface area contributed by atoms with Crippen molar-refractivity contribution in [2.75, 3.05) is 60.4 Å². The quantitative estimate of drug-likeness (QED) is 0.0156. The number of rotatable bonds is 29. The SMILES string of the molecule is CSc1ccc(Nc2nc(Nc3ccc(C)cc3)nc(Nc3ccc(SC)cc3)n2)cc1.[C-]#[N+]c1ccc(-c2ccc(Nc3nc(Nc4ccc(-c5ccc(C#N)cc5)cc4)nc(Nc4ccc(-c5ccc(C#N)cc5)cc4)n3)cc2)cc1.c1ccc(-c2ccc(-c3ccc(Nc4nc(Nc5ccc(-c6ccc(-c7ccccc7)cc6)cc5)nc(Nc5ccc(-c6ccc(-c7ccccc7)cc6)cc5)n4)cc3)cc2)cc1. The number of hydrogen-bond acceptors (Lipinski definition) is 22. The van der Waals surface area contributed by atoms with Gasteiger partial charge >= 0.3 is 0 Å². The molecule has 0 aliphatic heterocycles. The van der Waals surface area contributed by atoms with Crippen LogP contribution in [0.1, 0.15) is 16.7 Å². The van der Waals surface area contributed by atoms with Crippen LogP contribution in [0.3, 0.4) is 0 Å². The van der Waals surface area contributed by atoms with Crippen LogP contribution in [0.5, 0.6) is 0 Å². The Morgan fingerprint density at radius 3 is 0.500 bits per heavy atom. The molecule has 21 rings (SSSR count). The number of thioether (sulfide) groups is 2. The molecule has 0 radical (unpaired) electrons. The highest BCUT2D eigenvalue weighted by Gasteiger charge is 2.17. The fourth-order valence-electron chi connectivity index (χ4n) is 15.9. The van der Waals surface area contributed by atoms with Gasteiger partial charge in [-0.15, -0.1) is 23.5 Å². The summed E-state index contributed by atoms with van der Waals surface area (Å²) in [5.74, 6) is 3.59. The third kappa shape index (κ3) is 25.5. The van der Waals surface area contributed by atoms with Crippen LogP contribution in [0.4, 0.5) is 110 Å². The molecule has 0 amide bonds. The molecule has 18 aromatic carbocycles. The molecule has 702 valence electrons. The van der Waals surface area contributed by atoms with Gasteiger partial charge < -0.3 is 47.9 Å². The zero-order valence-electron chi connectivity index (χ0n) is 79.5. The molecule has 0 aliphatic carbocycles. The minimum atomic E-state index is 0.340. The molecule has 0 unspecified atom stereocenters. The van der Waals surface area contributed by atoms with Crippen LogP contribution in [-0.2, 0) is 0 Å². The number of nitrogens with zero attached hydrogens (tertiary/aromatic N) is 12. The van der Waals surface area contributed by atoms with Crippen molar-refractivity contribution in [2.45, 2.75) is 16.7 Å². The zero-order valence-corrected chi connectivity index (χ0v) is 81.1. The minimum Gasteiger partial charge on any atom is -0.324 e. The molecular formula is C123H93N21S2. The zero-order chi connectivity index (χ0) is 99.5. The molecule has 0 bridgehead atoms. The van der Waals surface area contributed by atoms with E-state index in [4.69, 9.17) is 32.0 Å². The van der Waals surface area contributed by atoms with Crippen LogP contribution in [-0.4, -0.2) is 57.4 Å². The lowest BCUT2D eigenvalue weighted by molar-refractivity contribution is 1.06. The lowest BCUT2D eigenvalue weighted by Gasteiger charge is -2.13. The fourth-order valence-corrected chi connectivity index (χ4v) is 16.7. The molecule has 0 atom stereocenters. The number of nitrogens with one attached hydrogen (secondary N) is 9. The Morgan fingerprint density at radius 1 is 0.192 bits per heavy atom. The van der Waals surface area contributed by atoms with Gasteiger partial charge in [0.2, 0.25) is 53.5 Å². The largest absolute Gasteiger partial charge is 0.324 e. The van der Waals surface area contributed by atoms with Crippen molar-refractivity contribution in [2.24, 2.45) is 0 Å². The van der Waals surface area contributed by atoms with Crippen LogP contribution in [0.15, 0.2) is 465 Å². The standard InChI is InChI=1S/C57H42N6.C42H27N9.C24H24N6S2/c1-4-10-40(11-5-1)43-16-22-46(23-17-43)49-28-34-52(35-29-49)58-55-61-56(59-53-36-30-50(31-37-53)47-24-18-44(19-25-47)41-12-6-2-7-13-41)63-57(62-55)60-54-38-32-51(33-39-54)48-26-20-45(21-27-48)42-14-8-3-9-15-42;1-45-36-18-10-32(11-19-36)35-16-24-39(25-17-35)48-42-50-40(46-37-20-12-33(13-21-37)30-6-2-28(26-43)3-7-30)49-41(51-42)47-38-22-14-34(15-23-38)31-8-4-29(27-44)5-9-31;1-16-4-6-17(7-5-16)25-22-28-23(26-18-8-12-20(31-2)13-9-18)30-24(29-22)27-19-10-14-21(32-3)15-11-19/h1-39H,(H3,58,59,60,61,62,63);2-25H,(H3,46,47,48,49,50,51);4-15H,1-3H3,(H3,25,26,27,28,29,30). The van der Waals surface area contributed by atoms with Crippen LogP contribution in [0.2, 0.25) is 0 Å². The first-order valence-electron chi connectivity index (χ1n) is 46.9. The van der Waals surface area contributed by atoms with E-state index >= 15 is 0 Å². The maximum Gasteiger partial charge on any atom is 0.233 e. The summed E-state index contributed by atoms with van der Waals surface area (Å²) >= 11 is 3.41. The van der Waals surface area contributed by atoms with E-state index in [1.807, 2.05) is 224 Å². The summed E-state index contributed by atoms with van der Waals surface area (Å²) < 4.78 is 0. The summed E-state index contributed by atoms with van der Waals surface area (Å²) in [5.41, 5.74) is 30.7. The third-order valence-electron chi connectivity index (χ3n) is 23.8. The maximum absolute atomic E-state index is 9.12. The molecule has 0 saturated carbocycles. The average molecular weight is 1930 g/mol. The normalized spacial score (nSPS) is 10.6. The second kappa shape index (κ2) is 46.4. The second-order valence-electron chi connectivity index (χ2n) is 33.7. The van der Waals surface area contributed by atoms with E-state index < -0.39 is 0 Å². The minimum absolute atomic E-state index is 0.340. The Bertz CT molecular complexity index is 7390. The van der Waals surface area contributed by atoms with Crippen molar-refractivity contribution in [1.82, 2.24) is 44.9 Å². The molecule has 146 heavy (non-hydrogen) atoms. The molecule has 21 nitrogen and oxygen atoms in total. The first-order valence-corrected chi connectivity index (χ1v) is 49.4. The highest BCUT2D eigenvalue weighted by Crippen LogP contribution is 2.37. The van der Waals surface area contributed by atoms with E-state index in [9.17, 15) is 0 Å². The molecule has 0 spiro atoms. The number of aromatic nitrogens is 9. The van der Waals surface area contributed by atoms with Gasteiger partial charge in [-0.25, -0.2) is 4.85 Å². The van der Waals surface area contributed by atoms with Crippen molar-refractivity contribution < 1.29 is 0 Å². The lowest BCUT2D eigenvalue weighted by atomic mass is 10.0. The number of nitriles is 2. The fraction of sp³-hybridized carbons (Fsp3) is 0.0244. The van der Waals surface area contributed by atoms with Gasteiger partial charge in [0, 0.05) is 61.0 Å². The first kappa shape index (κ1) is 95.3. The molecule has 9 N–H and O–H groups in total. The summed E-state index contributed by atoms with van der Waals surface area (Å²) in [4.78, 5) is 48.0. The average Bonchev–Trinajstić information content (AvgIpc) is 0.749. The van der Waals surface area contributed by atoms with Crippen LogP contribution < -0.4 is 47.9 Å². The molecule has 0 saturated heterocycles. The number of aryl methyl sites for hydroxylation is 1. The first-order chi connectivity index (χ1) is 71.8. The van der Waals surface area contributed by atoms with Gasteiger partial charge in [-0.2, -0.15) is 55.4 Å². The van der Waals surface area contributed by atoms with Crippen LogP contribution in [0, 0.1) is 36.2 Å². The second-order valence-corrected chi connectivity index (χ2v) is 35.5. The molecule has 0 fully saturated rings. The smallest absolute Gasteiger partial charge is 0.233 e. The van der Waals surface area contributed by atoms with Gasteiger partial charge in [0.05, 0.1) is 29.8 Å². The molecule has 3 heterocycles. The number of benzene rings is 18. The summed E-state index contributed by atoms with van der Waals surface area (Å²) in [5, 5.41) is 48.2. The van der Waals surface area contributed by atoms with E-state index in [0.717, 1.165) is 118 Å². The number of hydrogen-bond donors (Lipinski definition) is 9. The molecule has 21 aromatic rings. The highest BCUT2D eigenvalue weighted by atomic mass is 32.2. The lowest BCUT2D eigenvalue weighted by Crippen LogP contribution is -2.07. The molecule has 23 heteroatoms. The van der Waals surface area contributed by atoms with Crippen LogP contribution in [0.25, 0.3) is 105 Å². The van der Waals surface area contributed by atoms with E-state index in [0.29, 0.717) is 70.3 Å². The summed E-state index contributed by atoms with van der Waals surface area (Å²) in [6.45, 7) is 9.25. The molecule has 3 aromatic heterocycles. The van der Waals surface area contributed by atoms with Gasteiger partial charge in [-0.05, 0) is 277 Å². The van der Waals surface area contributed by atoms with Crippen molar-refractivity contribution in [3.63, 3.8) is 0 Å². The van der Waals surface area contributed by atoms with Crippen LogP contribution >= 0.6 is 23.5 Å². The predicted octanol–water partition coefficient (Wildman–Crippen LogP) is 32.4. The number of anilines is 18. The Morgan fingerprint density at radius 2 is 0.336 bits per heavy atom. The molecule has 0 aliphatic rings. The van der Waals surface area contributed by atoms with E-state index in [2.05, 4.69) is 320 Å². The van der Waals surface area contributed by atoms with E-state index in [1.165, 1.54) is 48.7 Å². The van der Waals surface area contributed by atoms with Gasteiger partial charge in [0.25, 0.3) is 0 Å². The van der Waals surface area contributed by atoms with Crippen molar-refractivity contribution in [1.29, 1.82) is 10.5 Å².